The van der Waals surface area contributed by atoms with Gasteiger partial charge in [-0.05, 0) is 87.4 Å². The second kappa shape index (κ2) is 9.69. The summed E-state index contributed by atoms with van der Waals surface area (Å²) >= 11 is 0. The summed E-state index contributed by atoms with van der Waals surface area (Å²) in [5, 5.41) is 5.43. The first-order valence-electron chi connectivity index (χ1n) is 11.7. The van der Waals surface area contributed by atoms with Gasteiger partial charge in [0.1, 0.15) is 28.7 Å². The fourth-order valence-electron chi connectivity index (χ4n) is 4.23. The summed E-state index contributed by atoms with van der Waals surface area (Å²) in [6.07, 6.45) is 0. The number of aryl methyl sites for hydroxylation is 1. The van der Waals surface area contributed by atoms with Gasteiger partial charge in [0.05, 0.1) is 23.6 Å². The number of carbonyl (C=O) groups excluding carboxylic acids is 2. The van der Waals surface area contributed by atoms with E-state index in [4.69, 9.17) is 9.15 Å². The zero-order chi connectivity index (χ0) is 27.1. The Labute approximate surface area is 213 Å². The molecule has 1 aromatic heterocycles. The van der Waals surface area contributed by atoms with Crippen molar-refractivity contribution in [2.45, 2.75) is 33.2 Å². The average molecular weight is 507 g/mol. The first kappa shape index (κ1) is 25.9. The van der Waals surface area contributed by atoms with Crippen LogP contribution >= 0.6 is 0 Å². The number of methoxy groups -OCH3 is 1. The molecule has 0 fully saturated rings. The van der Waals surface area contributed by atoms with Gasteiger partial charge in [0, 0.05) is 23.7 Å². The lowest BCUT2D eigenvalue weighted by Gasteiger charge is -2.22. The highest BCUT2D eigenvalue weighted by Crippen LogP contribution is 2.40. The highest BCUT2D eigenvalue weighted by molar-refractivity contribution is 6.12. The molecule has 0 saturated heterocycles. The number of benzene rings is 3. The second-order valence-corrected chi connectivity index (χ2v) is 9.76. The maximum Gasteiger partial charge on any atom is 0.255 e. The number of amides is 2. The Kier molecular flexibility index (Phi) is 6.78. The SMILES string of the molecule is CNC(=O)c1c(-c2ccc(F)cc2)oc2ccc(-c3cc(C(=O)NC(C)(C)C)c(OC)cc3C)c(F)c12. The van der Waals surface area contributed by atoms with Crippen LogP contribution in [0.3, 0.4) is 0 Å². The predicted molar refractivity (Wildman–Crippen MR) is 139 cm³/mol. The van der Waals surface area contributed by atoms with E-state index in [1.807, 2.05) is 20.8 Å². The van der Waals surface area contributed by atoms with Gasteiger partial charge >= 0.3 is 0 Å². The molecular weight excluding hydrogens is 478 g/mol. The highest BCUT2D eigenvalue weighted by atomic mass is 19.1. The number of halogens is 2. The first-order valence-corrected chi connectivity index (χ1v) is 11.7. The van der Waals surface area contributed by atoms with Gasteiger partial charge in [0.15, 0.2) is 0 Å². The van der Waals surface area contributed by atoms with Gasteiger partial charge in [0.25, 0.3) is 11.8 Å². The van der Waals surface area contributed by atoms with Crippen LogP contribution in [0.2, 0.25) is 0 Å². The van der Waals surface area contributed by atoms with E-state index < -0.39 is 23.1 Å². The number of carbonyl (C=O) groups is 2. The van der Waals surface area contributed by atoms with Crippen molar-refractivity contribution in [2.24, 2.45) is 0 Å². The molecule has 0 spiro atoms. The third-order valence-electron chi connectivity index (χ3n) is 5.92. The Morgan fingerprint density at radius 1 is 0.946 bits per heavy atom. The van der Waals surface area contributed by atoms with Crippen molar-refractivity contribution in [3.8, 4) is 28.2 Å². The lowest BCUT2D eigenvalue weighted by Crippen LogP contribution is -2.40. The van der Waals surface area contributed by atoms with Crippen molar-refractivity contribution in [1.29, 1.82) is 0 Å². The molecule has 1 heterocycles. The van der Waals surface area contributed by atoms with E-state index >= 15 is 4.39 Å². The van der Waals surface area contributed by atoms with Gasteiger partial charge in [0.2, 0.25) is 0 Å². The average Bonchev–Trinajstić information content (AvgIpc) is 3.23. The van der Waals surface area contributed by atoms with E-state index in [1.165, 1.54) is 38.4 Å². The van der Waals surface area contributed by atoms with Gasteiger partial charge in [-0.25, -0.2) is 8.78 Å². The minimum absolute atomic E-state index is 0.000298. The first-order chi connectivity index (χ1) is 17.4. The number of fused-ring (bicyclic) bond motifs is 1. The molecule has 8 heteroatoms. The van der Waals surface area contributed by atoms with Crippen LogP contribution in [0, 0.1) is 18.6 Å². The second-order valence-electron chi connectivity index (χ2n) is 9.76. The van der Waals surface area contributed by atoms with Gasteiger partial charge in [-0.15, -0.1) is 0 Å². The molecule has 0 unspecified atom stereocenters. The highest BCUT2D eigenvalue weighted by Gasteiger charge is 2.27. The molecule has 0 aliphatic rings. The number of hydrogen-bond donors (Lipinski definition) is 2. The summed E-state index contributed by atoms with van der Waals surface area (Å²) in [6, 6.07) is 11.8. The van der Waals surface area contributed by atoms with E-state index in [-0.39, 0.29) is 39.3 Å². The summed E-state index contributed by atoms with van der Waals surface area (Å²) in [6.45, 7) is 7.36. The molecule has 0 saturated carbocycles. The Bertz CT molecular complexity index is 1520. The minimum Gasteiger partial charge on any atom is -0.496 e. The Balaban J connectivity index is 1.96. The van der Waals surface area contributed by atoms with E-state index in [2.05, 4.69) is 10.6 Å². The molecule has 4 rings (SSSR count). The largest absolute Gasteiger partial charge is 0.496 e. The Hall–Kier alpha value is -4.20. The summed E-state index contributed by atoms with van der Waals surface area (Å²) < 4.78 is 41.1. The number of hydrogen-bond acceptors (Lipinski definition) is 4. The van der Waals surface area contributed by atoms with Crippen LogP contribution in [-0.2, 0) is 0 Å². The fraction of sp³-hybridized carbons (Fsp3) is 0.241. The maximum atomic E-state index is 16.2. The summed E-state index contributed by atoms with van der Waals surface area (Å²) in [7, 11) is 2.90. The third-order valence-corrected chi connectivity index (χ3v) is 5.92. The van der Waals surface area contributed by atoms with Gasteiger partial charge in [-0.3, -0.25) is 9.59 Å². The normalized spacial score (nSPS) is 11.5. The number of nitrogens with one attached hydrogen (secondary N) is 2. The third kappa shape index (κ3) is 4.91. The smallest absolute Gasteiger partial charge is 0.255 e. The van der Waals surface area contributed by atoms with Crippen LogP contribution in [0.15, 0.2) is 52.9 Å². The van der Waals surface area contributed by atoms with E-state index in [1.54, 1.807) is 31.2 Å². The molecule has 2 N–H and O–H groups in total. The Morgan fingerprint density at radius 3 is 2.22 bits per heavy atom. The van der Waals surface area contributed by atoms with Crippen molar-refractivity contribution in [3.05, 3.63) is 76.9 Å². The topological polar surface area (TPSA) is 80.6 Å². The van der Waals surface area contributed by atoms with Gasteiger partial charge < -0.3 is 19.8 Å². The van der Waals surface area contributed by atoms with E-state index in [9.17, 15) is 14.0 Å². The van der Waals surface area contributed by atoms with Crippen LogP contribution in [0.5, 0.6) is 5.75 Å². The van der Waals surface area contributed by atoms with Crippen molar-refractivity contribution in [1.82, 2.24) is 10.6 Å². The molecular formula is C29H28F2N2O4. The summed E-state index contributed by atoms with van der Waals surface area (Å²) in [4.78, 5) is 25.9. The number of rotatable bonds is 5. The summed E-state index contributed by atoms with van der Waals surface area (Å²) in [5.74, 6) is -1.55. The van der Waals surface area contributed by atoms with Crippen molar-refractivity contribution in [3.63, 3.8) is 0 Å². The molecule has 2 amide bonds. The van der Waals surface area contributed by atoms with Crippen LogP contribution in [-0.4, -0.2) is 31.5 Å². The number of ether oxygens (including phenoxy) is 1. The minimum atomic E-state index is -0.677. The lowest BCUT2D eigenvalue weighted by atomic mass is 9.94. The molecule has 0 atom stereocenters. The molecule has 37 heavy (non-hydrogen) atoms. The van der Waals surface area contributed by atoms with Crippen molar-refractivity contribution in [2.75, 3.05) is 14.2 Å². The van der Waals surface area contributed by atoms with Crippen molar-refractivity contribution >= 4 is 22.8 Å². The van der Waals surface area contributed by atoms with E-state index in [0.717, 1.165) is 0 Å². The van der Waals surface area contributed by atoms with Crippen LogP contribution in [0.1, 0.15) is 47.1 Å². The lowest BCUT2D eigenvalue weighted by molar-refractivity contribution is 0.0915. The van der Waals surface area contributed by atoms with Crippen LogP contribution in [0.25, 0.3) is 33.4 Å². The van der Waals surface area contributed by atoms with E-state index in [0.29, 0.717) is 22.4 Å². The number of furan rings is 1. The summed E-state index contributed by atoms with van der Waals surface area (Å²) in [5.41, 5.74) is 1.68. The molecule has 0 radical (unpaired) electrons. The molecule has 6 nitrogen and oxygen atoms in total. The molecule has 192 valence electrons. The zero-order valence-corrected chi connectivity index (χ0v) is 21.5. The Morgan fingerprint density at radius 2 is 1.62 bits per heavy atom. The molecule has 0 bridgehead atoms. The molecule has 0 aliphatic carbocycles. The van der Waals surface area contributed by atoms with Crippen molar-refractivity contribution < 1.29 is 27.5 Å². The quantitative estimate of drug-likeness (QED) is 0.335. The van der Waals surface area contributed by atoms with Gasteiger partial charge in [-0.1, -0.05) is 0 Å². The predicted octanol–water partition coefficient (Wildman–Crippen LogP) is 6.25. The molecule has 3 aromatic carbocycles. The monoisotopic (exact) mass is 506 g/mol. The molecule has 0 aliphatic heterocycles. The maximum absolute atomic E-state index is 16.2. The molecule has 4 aromatic rings. The standard InChI is InChI=1S/C29H28F2N2O4/c1-15-13-22(36-6)20(27(34)33-29(2,3)4)14-19(15)18-11-12-21-23(25(18)31)24(28(35)32-5)26(37-21)16-7-9-17(30)10-8-16/h7-14H,1-6H3,(H,32,35)(H,33,34). The van der Waals surface area contributed by atoms with Crippen LogP contribution < -0.4 is 15.4 Å². The fourth-order valence-corrected chi connectivity index (χ4v) is 4.23. The zero-order valence-electron chi connectivity index (χ0n) is 21.5. The van der Waals surface area contributed by atoms with Gasteiger partial charge in [-0.2, -0.15) is 0 Å². The van der Waals surface area contributed by atoms with Crippen LogP contribution in [0.4, 0.5) is 8.78 Å².